The smallest absolute Gasteiger partial charge is 0.191 e. The van der Waals surface area contributed by atoms with Gasteiger partial charge in [0.1, 0.15) is 11.6 Å². The molecule has 7 nitrogen and oxygen atoms in total. The molecule has 0 atom stereocenters. The van der Waals surface area contributed by atoms with Gasteiger partial charge in [0.25, 0.3) is 0 Å². The van der Waals surface area contributed by atoms with Crippen molar-refractivity contribution in [3.8, 4) is 17.1 Å². The number of hydrogen-bond donors (Lipinski definition) is 3. The fourth-order valence-corrected chi connectivity index (χ4v) is 2.73. The van der Waals surface area contributed by atoms with Crippen LogP contribution < -0.4 is 15.4 Å². The summed E-state index contributed by atoms with van der Waals surface area (Å²) in [5, 5.41) is 14.5. The zero-order valence-electron chi connectivity index (χ0n) is 16.3. The number of benzene rings is 2. The molecular weight excluding hydrogens is 503 g/mol. The molecule has 3 aromatic rings. The van der Waals surface area contributed by atoms with Crippen LogP contribution in [0, 0.1) is 0 Å². The summed E-state index contributed by atoms with van der Waals surface area (Å²) in [6.07, 6.45) is 0.877. The third-order valence-electron chi connectivity index (χ3n) is 4.15. The number of nitrogens with zero attached hydrogens (tertiary/aromatic N) is 3. The first kappa shape index (κ1) is 23.0. The van der Waals surface area contributed by atoms with Gasteiger partial charge in [0.2, 0.25) is 0 Å². The number of aromatic amines is 1. The summed E-state index contributed by atoms with van der Waals surface area (Å²) >= 11 is 5.91. The van der Waals surface area contributed by atoms with Gasteiger partial charge in [0.15, 0.2) is 11.8 Å². The van der Waals surface area contributed by atoms with Gasteiger partial charge in [0, 0.05) is 24.2 Å². The molecule has 1 aromatic heterocycles. The number of rotatable bonds is 7. The molecule has 0 aliphatic heterocycles. The summed E-state index contributed by atoms with van der Waals surface area (Å²) in [5.74, 6) is 2.88. The number of nitrogens with one attached hydrogen (secondary N) is 3. The van der Waals surface area contributed by atoms with E-state index in [1.165, 1.54) is 5.56 Å². The summed E-state index contributed by atoms with van der Waals surface area (Å²) in [6.45, 7) is 1.25. The largest absolute Gasteiger partial charge is 0.497 e. The molecule has 0 amide bonds. The van der Waals surface area contributed by atoms with Crippen LogP contribution in [-0.2, 0) is 13.0 Å². The molecule has 0 radical (unpaired) electrons. The SMILES string of the molecule is CN=C(NCCc1ccc(Cl)cc1)NCc1nc(-c2ccc(OC)cc2)n[nH]1.I. The average Bonchev–Trinajstić information content (AvgIpc) is 3.21. The third kappa shape index (κ3) is 6.90. The Kier molecular flexibility index (Phi) is 9.20. The molecule has 2 aromatic carbocycles. The number of guanidine groups is 1. The number of H-pyrrole nitrogens is 1. The summed E-state index contributed by atoms with van der Waals surface area (Å²) in [7, 11) is 3.38. The van der Waals surface area contributed by atoms with Crippen molar-refractivity contribution in [1.82, 2.24) is 25.8 Å². The number of halogens is 2. The lowest BCUT2D eigenvalue weighted by molar-refractivity contribution is 0.415. The quantitative estimate of drug-likeness (QED) is 0.249. The minimum Gasteiger partial charge on any atom is -0.497 e. The van der Waals surface area contributed by atoms with E-state index in [9.17, 15) is 0 Å². The zero-order chi connectivity index (χ0) is 19.8. The third-order valence-corrected chi connectivity index (χ3v) is 4.40. The van der Waals surface area contributed by atoms with E-state index < -0.39 is 0 Å². The minimum absolute atomic E-state index is 0. The van der Waals surface area contributed by atoms with E-state index in [2.05, 4.69) is 30.8 Å². The Balaban J connectivity index is 0.00000300. The number of ether oxygens (including phenoxy) is 1. The Labute approximate surface area is 192 Å². The molecule has 0 unspecified atom stereocenters. The fourth-order valence-electron chi connectivity index (χ4n) is 2.61. The maximum atomic E-state index is 5.91. The Morgan fingerprint density at radius 1 is 1.10 bits per heavy atom. The van der Waals surface area contributed by atoms with Crippen LogP contribution in [0.4, 0.5) is 0 Å². The second-order valence-corrected chi connectivity index (χ2v) is 6.50. The van der Waals surface area contributed by atoms with Crippen LogP contribution in [0.1, 0.15) is 11.4 Å². The molecule has 154 valence electrons. The van der Waals surface area contributed by atoms with Gasteiger partial charge in [-0.05, 0) is 48.4 Å². The first-order valence-electron chi connectivity index (χ1n) is 8.92. The van der Waals surface area contributed by atoms with Crippen LogP contribution in [0.2, 0.25) is 5.02 Å². The first-order valence-corrected chi connectivity index (χ1v) is 9.30. The summed E-state index contributed by atoms with van der Waals surface area (Å²) < 4.78 is 5.17. The second-order valence-electron chi connectivity index (χ2n) is 6.06. The van der Waals surface area contributed by atoms with Crippen LogP contribution in [0.3, 0.4) is 0 Å². The molecule has 3 N–H and O–H groups in total. The molecule has 0 spiro atoms. The number of aromatic nitrogens is 3. The normalized spacial score (nSPS) is 10.9. The summed E-state index contributed by atoms with van der Waals surface area (Å²) in [4.78, 5) is 8.74. The van der Waals surface area contributed by atoms with Crippen LogP contribution in [0.15, 0.2) is 53.5 Å². The maximum Gasteiger partial charge on any atom is 0.191 e. The molecule has 0 aliphatic rings. The Morgan fingerprint density at radius 3 is 2.48 bits per heavy atom. The van der Waals surface area contributed by atoms with Gasteiger partial charge in [-0.15, -0.1) is 24.0 Å². The molecule has 9 heteroatoms. The predicted molar refractivity (Wildman–Crippen MR) is 127 cm³/mol. The molecule has 0 saturated heterocycles. The van der Waals surface area contributed by atoms with Crippen molar-refractivity contribution < 1.29 is 4.74 Å². The molecule has 0 fully saturated rings. The molecule has 3 rings (SSSR count). The van der Waals surface area contributed by atoms with Crippen LogP contribution in [-0.4, -0.2) is 41.8 Å². The van der Waals surface area contributed by atoms with E-state index in [1.54, 1.807) is 14.2 Å². The van der Waals surface area contributed by atoms with Gasteiger partial charge in [0.05, 0.1) is 13.7 Å². The Morgan fingerprint density at radius 2 is 1.83 bits per heavy atom. The monoisotopic (exact) mass is 526 g/mol. The molecule has 0 saturated carbocycles. The van der Waals surface area contributed by atoms with Gasteiger partial charge in [-0.3, -0.25) is 10.1 Å². The van der Waals surface area contributed by atoms with Crippen molar-refractivity contribution in [3.05, 3.63) is 64.9 Å². The van der Waals surface area contributed by atoms with Crippen LogP contribution in [0.5, 0.6) is 5.75 Å². The average molecular weight is 527 g/mol. The molecule has 29 heavy (non-hydrogen) atoms. The predicted octanol–water partition coefficient (Wildman–Crippen LogP) is 3.66. The highest BCUT2D eigenvalue weighted by Crippen LogP contribution is 2.18. The minimum atomic E-state index is 0. The van der Waals surface area contributed by atoms with Gasteiger partial charge in [-0.2, -0.15) is 5.10 Å². The van der Waals surface area contributed by atoms with Gasteiger partial charge >= 0.3 is 0 Å². The van der Waals surface area contributed by atoms with Gasteiger partial charge < -0.3 is 15.4 Å². The zero-order valence-corrected chi connectivity index (χ0v) is 19.4. The van der Waals surface area contributed by atoms with Gasteiger partial charge in [-0.1, -0.05) is 23.7 Å². The molecule has 1 heterocycles. The number of methoxy groups -OCH3 is 1. The van der Waals surface area contributed by atoms with Crippen molar-refractivity contribution >= 4 is 41.5 Å². The molecular formula is C20H24ClIN6O. The molecule has 0 bridgehead atoms. The number of aliphatic imine (C=N–C) groups is 1. The van der Waals surface area contributed by atoms with Gasteiger partial charge in [-0.25, -0.2) is 4.98 Å². The lowest BCUT2D eigenvalue weighted by atomic mass is 10.1. The highest BCUT2D eigenvalue weighted by Gasteiger charge is 2.07. The van der Waals surface area contributed by atoms with Crippen LogP contribution in [0.25, 0.3) is 11.4 Å². The van der Waals surface area contributed by atoms with Crippen molar-refractivity contribution in [1.29, 1.82) is 0 Å². The van der Waals surface area contributed by atoms with Crippen molar-refractivity contribution in [2.75, 3.05) is 20.7 Å². The highest BCUT2D eigenvalue weighted by molar-refractivity contribution is 14.0. The van der Waals surface area contributed by atoms with E-state index in [0.717, 1.165) is 35.1 Å². The highest BCUT2D eigenvalue weighted by atomic mass is 127. The van der Waals surface area contributed by atoms with E-state index in [0.29, 0.717) is 18.3 Å². The first-order chi connectivity index (χ1) is 13.7. The van der Waals surface area contributed by atoms with E-state index in [1.807, 2.05) is 48.5 Å². The topological polar surface area (TPSA) is 87.2 Å². The van der Waals surface area contributed by atoms with Crippen molar-refractivity contribution in [2.24, 2.45) is 4.99 Å². The van der Waals surface area contributed by atoms with E-state index in [4.69, 9.17) is 16.3 Å². The maximum absolute atomic E-state index is 5.91. The second kappa shape index (κ2) is 11.6. The van der Waals surface area contributed by atoms with Crippen molar-refractivity contribution in [3.63, 3.8) is 0 Å². The van der Waals surface area contributed by atoms with Crippen molar-refractivity contribution in [2.45, 2.75) is 13.0 Å². The fraction of sp³-hybridized carbons (Fsp3) is 0.250. The lowest BCUT2D eigenvalue weighted by Gasteiger charge is -2.10. The standard InChI is InChI=1S/C20H23ClN6O.HI/c1-22-20(23-12-11-14-3-7-16(21)8-4-14)24-13-18-25-19(27-26-18)15-5-9-17(28-2)10-6-15;/h3-10H,11-13H2,1-2H3,(H2,22,23,24)(H,25,26,27);1H. The van der Waals surface area contributed by atoms with E-state index >= 15 is 0 Å². The summed E-state index contributed by atoms with van der Waals surface area (Å²) in [5.41, 5.74) is 2.14. The molecule has 0 aliphatic carbocycles. The summed E-state index contributed by atoms with van der Waals surface area (Å²) in [6, 6.07) is 15.5. The number of hydrogen-bond acceptors (Lipinski definition) is 4. The van der Waals surface area contributed by atoms with E-state index in [-0.39, 0.29) is 24.0 Å². The Hall–Kier alpha value is -2.33. The Bertz CT molecular complexity index is 911. The van der Waals surface area contributed by atoms with Crippen LogP contribution >= 0.6 is 35.6 Å². The lowest BCUT2D eigenvalue weighted by Crippen LogP contribution is -2.38.